The molecule has 18 heavy (non-hydrogen) atoms. The number of rotatable bonds is 4. The van der Waals surface area contributed by atoms with Gasteiger partial charge in [0.05, 0.1) is 5.54 Å². The number of hydrogen-bond acceptors (Lipinski definition) is 2. The number of hydrogen-bond donors (Lipinski definition) is 2. The summed E-state index contributed by atoms with van der Waals surface area (Å²) in [6.45, 7) is 6.31. The van der Waals surface area contributed by atoms with Gasteiger partial charge in [-0.15, -0.1) is 0 Å². The lowest BCUT2D eigenvalue weighted by atomic mass is 9.82. The Kier molecular flexibility index (Phi) is 4.66. The zero-order valence-electron chi connectivity index (χ0n) is 11.9. The van der Waals surface area contributed by atoms with E-state index in [1.807, 2.05) is 0 Å². The van der Waals surface area contributed by atoms with Crippen molar-refractivity contribution in [3.8, 4) is 0 Å². The van der Waals surface area contributed by atoms with Gasteiger partial charge in [0.2, 0.25) is 5.91 Å². The maximum atomic E-state index is 12.3. The van der Waals surface area contributed by atoms with Gasteiger partial charge in [0.25, 0.3) is 0 Å². The predicted molar refractivity (Wildman–Crippen MR) is 74.4 cm³/mol. The number of carbonyl (C=O) groups excluding carboxylic acids is 1. The molecule has 0 aromatic heterocycles. The molecule has 0 aromatic carbocycles. The lowest BCUT2D eigenvalue weighted by Gasteiger charge is -2.30. The van der Waals surface area contributed by atoms with Gasteiger partial charge in [-0.3, -0.25) is 4.79 Å². The summed E-state index contributed by atoms with van der Waals surface area (Å²) in [5.74, 6) is 1.78. The molecule has 2 fully saturated rings. The van der Waals surface area contributed by atoms with E-state index in [0.29, 0.717) is 5.92 Å². The molecular weight excluding hydrogens is 224 g/mol. The van der Waals surface area contributed by atoms with Crippen molar-refractivity contribution in [2.24, 2.45) is 11.8 Å². The summed E-state index contributed by atoms with van der Waals surface area (Å²) in [5, 5.41) is 6.61. The summed E-state index contributed by atoms with van der Waals surface area (Å²) in [6.07, 6.45) is 8.30. The van der Waals surface area contributed by atoms with Crippen LogP contribution in [0.3, 0.4) is 0 Å². The smallest absolute Gasteiger partial charge is 0.240 e. The quantitative estimate of drug-likeness (QED) is 0.807. The summed E-state index contributed by atoms with van der Waals surface area (Å²) in [6, 6.07) is 0. The third-order valence-corrected chi connectivity index (χ3v) is 4.88. The van der Waals surface area contributed by atoms with E-state index in [1.165, 1.54) is 25.7 Å². The molecule has 1 amide bonds. The molecule has 0 aromatic rings. The van der Waals surface area contributed by atoms with Crippen molar-refractivity contribution in [2.75, 3.05) is 13.1 Å². The Balaban J connectivity index is 1.80. The second kappa shape index (κ2) is 6.05. The van der Waals surface area contributed by atoms with E-state index in [0.717, 1.165) is 38.3 Å². The van der Waals surface area contributed by atoms with E-state index < -0.39 is 0 Å². The highest BCUT2D eigenvalue weighted by molar-refractivity contribution is 5.86. The molecule has 0 bridgehead atoms. The average Bonchev–Trinajstić information content (AvgIpc) is 2.86. The van der Waals surface area contributed by atoms with Crippen LogP contribution in [-0.2, 0) is 4.79 Å². The van der Waals surface area contributed by atoms with Gasteiger partial charge in [-0.25, -0.2) is 0 Å². The standard InChI is InChI=1S/C15H28N2O/c1-3-15(8-5-9-17-15)14(18)16-11-13-7-4-6-12(2)10-13/h12-13,17H,3-11H2,1-2H3,(H,16,18). The monoisotopic (exact) mass is 252 g/mol. The van der Waals surface area contributed by atoms with Crippen molar-refractivity contribution < 1.29 is 4.79 Å². The Morgan fingerprint density at radius 1 is 1.39 bits per heavy atom. The molecule has 3 heteroatoms. The van der Waals surface area contributed by atoms with Gasteiger partial charge in [0.15, 0.2) is 0 Å². The minimum Gasteiger partial charge on any atom is -0.354 e. The van der Waals surface area contributed by atoms with Crippen LogP contribution in [0.2, 0.25) is 0 Å². The maximum absolute atomic E-state index is 12.3. The first kappa shape index (κ1) is 13.9. The lowest BCUT2D eigenvalue weighted by Crippen LogP contribution is -2.53. The number of carbonyl (C=O) groups is 1. The molecule has 3 nitrogen and oxygen atoms in total. The fourth-order valence-corrected chi connectivity index (χ4v) is 3.61. The van der Waals surface area contributed by atoms with Crippen LogP contribution in [0.25, 0.3) is 0 Å². The predicted octanol–water partition coefficient (Wildman–Crippen LogP) is 2.46. The molecule has 0 radical (unpaired) electrons. The van der Waals surface area contributed by atoms with Gasteiger partial charge in [-0.05, 0) is 50.5 Å². The fraction of sp³-hybridized carbons (Fsp3) is 0.933. The summed E-state index contributed by atoms with van der Waals surface area (Å²) in [7, 11) is 0. The summed E-state index contributed by atoms with van der Waals surface area (Å²) in [5.41, 5.74) is -0.264. The highest BCUT2D eigenvalue weighted by Crippen LogP contribution is 2.28. The van der Waals surface area contributed by atoms with Gasteiger partial charge in [0.1, 0.15) is 0 Å². The molecule has 1 saturated carbocycles. The highest BCUT2D eigenvalue weighted by atomic mass is 16.2. The number of nitrogens with one attached hydrogen (secondary N) is 2. The molecule has 0 spiro atoms. The zero-order chi connectivity index (χ0) is 13.0. The molecule has 3 unspecified atom stereocenters. The Bertz CT molecular complexity index is 284. The molecule has 1 heterocycles. The minimum atomic E-state index is -0.264. The minimum absolute atomic E-state index is 0.237. The average molecular weight is 252 g/mol. The van der Waals surface area contributed by atoms with Crippen LogP contribution < -0.4 is 10.6 Å². The SMILES string of the molecule is CCC1(C(=O)NCC2CCCC(C)C2)CCCN1. The van der Waals surface area contributed by atoms with Crippen molar-refractivity contribution >= 4 is 5.91 Å². The van der Waals surface area contributed by atoms with Crippen LogP contribution in [0.4, 0.5) is 0 Å². The van der Waals surface area contributed by atoms with Crippen molar-refractivity contribution in [2.45, 2.75) is 64.3 Å². The first-order valence-electron chi connectivity index (χ1n) is 7.69. The Hall–Kier alpha value is -0.570. The van der Waals surface area contributed by atoms with Crippen molar-refractivity contribution in [3.63, 3.8) is 0 Å². The second-order valence-corrected chi connectivity index (χ2v) is 6.31. The van der Waals surface area contributed by atoms with Crippen molar-refractivity contribution in [3.05, 3.63) is 0 Å². The highest BCUT2D eigenvalue weighted by Gasteiger charge is 2.39. The van der Waals surface area contributed by atoms with Gasteiger partial charge in [-0.1, -0.05) is 26.7 Å². The molecule has 2 N–H and O–H groups in total. The Labute approximate surface area is 111 Å². The maximum Gasteiger partial charge on any atom is 0.240 e. The second-order valence-electron chi connectivity index (χ2n) is 6.31. The van der Waals surface area contributed by atoms with Crippen LogP contribution in [-0.4, -0.2) is 24.5 Å². The molecule has 104 valence electrons. The van der Waals surface area contributed by atoms with Crippen LogP contribution >= 0.6 is 0 Å². The molecule has 1 aliphatic heterocycles. The third kappa shape index (κ3) is 3.05. The third-order valence-electron chi connectivity index (χ3n) is 4.88. The van der Waals surface area contributed by atoms with Crippen LogP contribution in [0.1, 0.15) is 58.8 Å². The first-order chi connectivity index (χ1) is 8.66. The van der Waals surface area contributed by atoms with E-state index >= 15 is 0 Å². The van der Waals surface area contributed by atoms with Crippen LogP contribution in [0.15, 0.2) is 0 Å². The van der Waals surface area contributed by atoms with E-state index in [-0.39, 0.29) is 11.4 Å². The van der Waals surface area contributed by atoms with E-state index in [9.17, 15) is 4.79 Å². The molecule has 3 atom stereocenters. The number of amides is 1. The van der Waals surface area contributed by atoms with Gasteiger partial charge in [0, 0.05) is 6.54 Å². The normalized spacial score (nSPS) is 36.6. The van der Waals surface area contributed by atoms with Crippen LogP contribution in [0.5, 0.6) is 0 Å². The largest absolute Gasteiger partial charge is 0.354 e. The summed E-state index contributed by atoms with van der Waals surface area (Å²) in [4.78, 5) is 12.3. The van der Waals surface area contributed by atoms with Crippen LogP contribution in [0, 0.1) is 11.8 Å². The van der Waals surface area contributed by atoms with Crippen molar-refractivity contribution in [1.82, 2.24) is 10.6 Å². The van der Waals surface area contributed by atoms with E-state index in [2.05, 4.69) is 24.5 Å². The molecule has 1 aliphatic carbocycles. The van der Waals surface area contributed by atoms with Gasteiger partial charge in [-0.2, -0.15) is 0 Å². The molecule has 2 aliphatic rings. The lowest BCUT2D eigenvalue weighted by molar-refractivity contribution is -0.127. The van der Waals surface area contributed by atoms with E-state index in [4.69, 9.17) is 0 Å². The molecule has 2 rings (SSSR count). The van der Waals surface area contributed by atoms with E-state index in [1.54, 1.807) is 0 Å². The topological polar surface area (TPSA) is 41.1 Å². The molecular formula is C15H28N2O. The summed E-state index contributed by atoms with van der Waals surface area (Å²) < 4.78 is 0. The molecule has 1 saturated heterocycles. The Morgan fingerprint density at radius 3 is 2.83 bits per heavy atom. The summed E-state index contributed by atoms with van der Waals surface area (Å²) >= 11 is 0. The fourth-order valence-electron chi connectivity index (χ4n) is 3.61. The Morgan fingerprint density at radius 2 is 2.22 bits per heavy atom. The first-order valence-corrected chi connectivity index (χ1v) is 7.69. The zero-order valence-corrected chi connectivity index (χ0v) is 11.9. The van der Waals surface area contributed by atoms with Crippen molar-refractivity contribution in [1.29, 1.82) is 0 Å². The van der Waals surface area contributed by atoms with Gasteiger partial charge >= 0.3 is 0 Å². The van der Waals surface area contributed by atoms with Gasteiger partial charge < -0.3 is 10.6 Å².